The lowest BCUT2D eigenvalue weighted by molar-refractivity contribution is 0.0696. The number of tetrazole rings is 1. The number of aromatic nitrogens is 4. The summed E-state index contributed by atoms with van der Waals surface area (Å²) in [6.45, 7) is 0. The molecule has 2 rings (SSSR count). The summed E-state index contributed by atoms with van der Waals surface area (Å²) in [5.41, 5.74) is -0.0191. The molecule has 0 aliphatic carbocycles. The van der Waals surface area contributed by atoms with Crippen molar-refractivity contribution in [2.75, 3.05) is 0 Å². The molecule has 0 aliphatic rings. The SMILES string of the molecule is O=C(O)c1ccc(-n2cnnn2)c(F)c1. The molecule has 0 amide bonds. The van der Waals surface area contributed by atoms with Gasteiger partial charge in [0.15, 0.2) is 0 Å². The summed E-state index contributed by atoms with van der Waals surface area (Å²) in [5, 5.41) is 18.8. The van der Waals surface area contributed by atoms with E-state index in [2.05, 4.69) is 15.5 Å². The van der Waals surface area contributed by atoms with Crippen molar-refractivity contribution in [3.8, 4) is 5.69 Å². The van der Waals surface area contributed by atoms with Crippen LogP contribution in [0.25, 0.3) is 5.69 Å². The summed E-state index contributed by atoms with van der Waals surface area (Å²) in [7, 11) is 0. The van der Waals surface area contributed by atoms with Gasteiger partial charge in [-0.15, -0.1) is 5.10 Å². The Balaban J connectivity index is 2.48. The molecule has 0 unspecified atom stereocenters. The highest BCUT2D eigenvalue weighted by atomic mass is 19.1. The van der Waals surface area contributed by atoms with Crippen LogP contribution in [0, 0.1) is 5.82 Å². The first kappa shape index (κ1) is 9.25. The first-order valence-corrected chi connectivity index (χ1v) is 3.94. The molecule has 1 N–H and O–H groups in total. The fourth-order valence-corrected chi connectivity index (χ4v) is 1.10. The Bertz CT molecular complexity index is 497. The molecule has 1 aromatic carbocycles. The molecule has 0 aliphatic heterocycles. The molecular formula is C8H5FN4O2. The average Bonchev–Trinajstić information content (AvgIpc) is 2.70. The van der Waals surface area contributed by atoms with Gasteiger partial charge in [-0.05, 0) is 28.6 Å². The molecular weight excluding hydrogens is 203 g/mol. The lowest BCUT2D eigenvalue weighted by Crippen LogP contribution is -2.02. The zero-order valence-corrected chi connectivity index (χ0v) is 7.33. The minimum absolute atomic E-state index is 0.102. The van der Waals surface area contributed by atoms with Crippen LogP contribution < -0.4 is 0 Å². The third kappa shape index (κ3) is 1.66. The summed E-state index contributed by atoms with van der Waals surface area (Å²) in [6, 6.07) is 3.50. The normalized spacial score (nSPS) is 10.2. The van der Waals surface area contributed by atoms with Crippen molar-refractivity contribution in [2.24, 2.45) is 0 Å². The van der Waals surface area contributed by atoms with Crippen molar-refractivity contribution in [3.05, 3.63) is 35.9 Å². The van der Waals surface area contributed by atoms with Crippen LogP contribution in [0.2, 0.25) is 0 Å². The average molecular weight is 208 g/mol. The Morgan fingerprint density at radius 2 is 2.27 bits per heavy atom. The van der Waals surface area contributed by atoms with E-state index in [4.69, 9.17) is 5.11 Å². The Labute approximate surface area is 83.0 Å². The minimum Gasteiger partial charge on any atom is -0.478 e. The molecule has 6 nitrogen and oxygen atoms in total. The van der Waals surface area contributed by atoms with Crippen LogP contribution in [0.1, 0.15) is 10.4 Å². The van der Waals surface area contributed by atoms with Crippen molar-refractivity contribution >= 4 is 5.97 Å². The number of aromatic carboxylic acids is 1. The van der Waals surface area contributed by atoms with E-state index in [1.807, 2.05) is 0 Å². The van der Waals surface area contributed by atoms with Gasteiger partial charge in [0.25, 0.3) is 0 Å². The maximum absolute atomic E-state index is 13.4. The van der Waals surface area contributed by atoms with Crippen LogP contribution >= 0.6 is 0 Å². The van der Waals surface area contributed by atoms with E-state index >= 15 is 0 Å². The second-order valence-corrected chi connectivity index (χ2v) is 2.73. The van der Waals surface area contributed by atoms with E-state index in [1.54, 1.807) is 0 Å². The standard InChI is InChI=1S/C8H5FN4O2/c9-6-3-5(8(14)15)1-2-7(6)13-4-10-11-12-13/h1-4H,(H,14,15). The maximum Gasteiger partial charge on any atom is 0.335 e. The van der Waals surface area contributed by atoms with Crippen LogP contribution in [0.3, 0.4) is 0 Å². The highest BCUT2D eigenvalue weighted by Gasteiger charge is 2.10. The molecule has 0 bridgehead atoms. The molecule has 1 heterocycles. The topological polar surface area (TPSA) is 80.9 Å². The Hall–Kier alpha value is -2.31. The molecule has 0 spiro atoms. The highest BCUT2D eigenvalue weighted by Crippen LogP contribution is 2.13. The van der Waals surface area contributed by atoms with E-state index in [-0.39, 0.29) is 11.3 Å². The van der Waals surface area contributed by atoms with Crippen molar-refractivity contribution in [2.45, 2.75) is 0 Å². The van der Waals surface area contributed by atoms with Crippen LogP contribution in [-0.2, 0) is 0 Å². The minimum atomic E-state index is -1.18. The smallest absolute Gasteiger partial charge is 0.335 e. The van der Waals surface area contributed by atoms with Gasteiger partial charge in [-0.1, -0.05) is 0 Å². The van der Waals surface area contributed by atoms with Crippen molar-refractivity contribution in [3.63, 3.8) is 0 Å². The van der Waals surface area contributed by atoms with Crippen LogP contribution in [0.15, 0.2) is 24.5 Å². The highest BCUT2D eigenvalue weighted by molar-refractivity contribution is 5.87. The second-order valence-electron chi connectivity index (χ2n) is 2.73. The third-order valence-corrected chi connectivity index (χ3v) is 1.79. The van der Waals surface area contributed by atoms with Crippen molar-refractivity contribution in [1.29, 1.82) is 0 Å². The first-order chi connectivity index (χ1) is 7.18. The summed E-state index contributed by atoms with van der Waals surface area (Å²) < 4.78 is 14.5. The fraction of sp³-hybridized carbons (Fsp3) is 0. The van der Waals surface area contributed by atoms with Gasteiger partial charge in [-0.25, -0.2) is 9.18 Å². The van der Waals surface area contributed by atoms with Crippen LogP contribution in [-0.4, -0.2) is 31.3 Å². The van der Waals surface area contributed by atoms with Gasteiger partial charge in [-0.2, -0.15) is 4.68 Å². The number of carboxylic acid groups (broad SMARTS) is 1. The third-order valence-electron chi connectivity index (χ3n) is 1.79. The van der Waals surface area contributed by atoms with Gasteiger partial charge in [0.05, 0.1) is 5.56 Å². The number of hydrogen-bond donors (Lipinski definition) is 1. The van der Waals surface area contributed by atoms with E-state index in [0.717, 1.165) is 10.7 Å². The summed E-state index contributed by atoms with van der Waals surface area (Å²) in [6.07, 6.45) is 1.22. The molecule has 0 atom stereocenters. The molecule has 7 heteroatoms. The van der Waals surface area contributed by atoms with E-state index in [0.29, 0.717) is 0 Å². The first-order valence-electron chi connectivity index (χ1n) is 3.94. The van der Waals surface area contributed by atoms with Crippen molar-refractivity contribution in [1.82, 2.24) is 20.2 Å². The Kier molecular flexibility index (Phi) is 2.13. The number of carboxylic acids is 1. The molecule has 0 saturated carbocycles. The lowest BCUT2D eigenvalue weighted by Gasteiger charge is -2.01. The molecule has 15 heavy (non-hydrogen) atoms. The predicted octanol–water partition coefficient (Wildman–Crippen LogP) is 0.500. The van der Waals surface area contributed by atoms with Gasteiger partial charge in [-0.3, -0.25) is 0 Å². The van der Waals surface area contributed by atoms with Crippen LogP contribution in [0.5, 0.6) is 0 Å². The van der Waals surface area contributed by atoms with Gasteiger partial charge in [0.1, 0.15) is 17.8 Å². The summed E-state index contributed by atoms with van der Waals surface area (Å²) >= 11 is 0. The molecule has 0 radical (unpaired) electrons. The summed E-state index contributed by atoms with van der Waals surface area (Å²) in [5.74, 6) is -1.88. The Morgan fingerprint density at radius 3 is 2.80 bits per heavy atom. The van der Waals surface area contributed by atoms with E-state index in [1.165, 1.54) is 18.5 Å². The predicted molar refractivity (Wildman–Crippen MR) is 46.1 cm³/mol. The monoisotopic (exact) mass is 208 g/mol. The molecule has 76 valence electrons. The number of benzene rings is 1. The molecule has 1 aromatic heterocycles. The molecule has 0 fully saturated rings. The van der Waals surface area contributed by atoms with Crippen molar-refractivity contribution < 1.29 is 14.3 Å². The fourth-order valence-electron chi connectivity index (χ4n) is 1.10. The number of halogens is 1. The Morgan fingerprint density at radius 1 is 1.47 bits per heavy atom. The maximum atomic E-state index is 13.4. The van der Waals surface area contributed by atoms with Gasteiger partial charge < -0.3 is 5.11 Å². The summed E-state index contributed by atoms with van der Waals surface area (Å²) in [4.78, 5) is 10.5. The lowest BCUT2D eigenvalue weighted by atomic mass is 10.2. The van der Waals surface area contributed by atoms with Crippen LogP contribution in [0.4, 0.5) is 4.39 Å². The largest absolute Gasteiger partial charge is 0.478 e. The number of nitrogens with zero attached hydrogens (tertiary/aromatic N) is 4. The molecule has 2 aromatic rings. The van der Waals surface area contributed by atoms with Gasteiger partial charge >= 0.3 is 5.97 Å². The second kappa shape index (κ2) is 3.45. The number of hydrogen-bond acceptors (Lipinski definition) is 4. The van der Waals surface area contributed by atoms with Gasteiger partial charge in [0, 0.05) is 0 Å². The zero-order chi connectivity index (χ0) is 10.8. The molecule has 0 saturated heterocycles. The number of rotatable bonds is 2. The quantitative estimate of drug-likeness (QED) is 0.777. The zero-order valence-electron chi connectivity index (χ0n) is 7.33. The van der Waals surface area contributed by atoms with Gasteiger partial charge in [0.2, 0.25) is 0 Å². The van der Waals surface area contributed by atoms with E-state index < -0.39 is 11.8 Å². The van der Waals surface area contributed by atoms with E-state index in [9.17, 15) is 9.18 Å². The number of carbonyl (C=O) groups is 1.